The number of thiazole rings is 1. The first-order valence-corrected chi connectivity index (χ1v) is 11.7. The van der Waals surface area contributed by atoms with Crippen LogP contribution in [0.2, 0.25) is 0 Å². The van der Waals surface area contributed by atoms with E-state index >= 15 is 0 Å². The molecular formula is C22H30F3N3O2S. The number of nitrogens with zero attached hydrogens (tertiary/aromatic N) is 2. The summed E-state index contributed by atoms with van der Waals surface area (Å²) in [5.74, 6) is -0.728. The van der Waals surface area contributed by atoms with Gasteiger partial charge in [-0.05, 0) is 50.4 Å². The van der Waals surface area contributed by atoms with E-state index in [4.69, 9.17) is 0 Å². The summed E-state index contributed by atoms with van der Waals surface area (Å²) in [5, 5.41) is 3.39. The highest BCUT2D eigenvalue weighted by molar-refractivity contribution is 7.15. The Kier molecular flexibility index (Phi) is 7.78. The summed E-state index contributed by atoms with van der Waals surface area (Å²) in [4.78, 5) is 30.1. The molecule has 5 nitrogen and oxygen atoms in total. The fraction of sp³-hybridized carbons (Fsp3) is 0.682. The van der Waals surface area contributed by atoms with Crippen molar-refractivity contribution in [3.05, 3.63) is 22.7 Å². The first-order valence-electron chi connectivity index (χ1n) is 10.9. The average Bonchev–Trinajstić information content (AvgIpc) is 3.13. The smallest absolute Gasteiger partial charge is 0.335 e. The molecule has 2 fully saturated rings. The second kappa shape index (κ2) is 10.1. The molecule has 2 aliphatic rings. The number of halogens is 3. The Bertz CT molecular complexity index is 805. The minimum absolute atomic E-state index is 0.105. The molecule has 9 heteroatoms. The van der Waals surface area contributed by atoms with Gasteiger partial charge < -0.3 is 10.2 Å². The lowest BCUT2D eigenvalue weighted by molar-refractivity contribution is -0.186. The molecule has 1 saturated carbocycles. The predicted molar refractivity (Wildman–Crippen MR) is 115 cm³/mol. The molecular weight excluding hydrogens is 427 g/mol. The second-order valence-electron chi connectivity index (χ2n) is 8.75. The van der Waals surface area contributed by atoms with Crippen LogP contribution in [0.3, 0.4) is 0 Å². The molecule has 3 rings (SSSR count). The first kappa shape index (κ1) is 23.8. The maximum Gasteiger partial charge on any atom is 0.471 e. The number of aromatic nitrogens is 1. The normalized spacial score (nSPS) is 23.6. The fourth-order valence-electron chi connectivity index (χ4n) is 4.65. The summed E-state index contributed by atoms with van der Waals surface area (Å²) in [5.41, 5.74) is 1.19. The van der Waals surface area contributed by atoms with Gasteiger partial charge in [0, 0.05) is 30.6 Å². The zero-order valence-electron chi connectivity index (χ0n) is 18.0. The van der Waals surface area contributed by atoms with Gasteiger partial charge in [0.25, 0.3) is 0 Å². The van der Waals surface area contributed by atoms with Crippen LogP contribution in [-0.2, 0) is 9.59 Å². The van der Waals surface area contributed by atoms with Crippen LogP contribution in [0.1, 0.15) is 56.7 Å². The zero-order valence-corrected chi connectivity index (χ0v) is 18.8. The molecule has 2 heterocycles. The standard InChI is InChI=1S/C22H30F3N3O2S/c1-14-3-5-16(6-4-14)18(7-8-19(29)27-21-26-13-15(2)31-21)17-9-11-28(12-10-17)20(30)22(23,24)25/h7,13-14,16-17H,3-6,8-12H2,1-2H3,(H,26,27,29)/b18-7-. The average molecular weight is 458 g/mol. The highest BCUT2D eigenvalue weighted by Crippen LogP contribution is 2.40. The van der Waals surface area contributed by atoms with E-state index in [1.54, 1.807) is 6.20 Å². The van der Waals surface area contributed by atoms with Gasteiger partial charge in [-0.3, -0.25) is 9.59 Å². The maximum atomic E-state index is 12.8. The number of hydrogen-bond donors (Lipinski definition) is 1. The summed E-state index contributed by atoms with van der Waals surface area (Å²) in [6.07, 6.45) is 4.45. The predicted octanol–water partition coefficient (Wildman–Crippen LogP) is 5.33. The number of piperidine rings is 1. The molecule has 31 heavy (non-hydrogen) atoms. The highest BCUT2D eigenvalue weighted by Gasteiger charge is 2.43. The molecule has 0 spiro atoms. The number of carbonyl (C=O) groups is 2. The number of allylic oxidation sites excluding steroid dienone is 1. The molecule has 0 atom stereocenters. The number of hydrogen-bond acceptors (Lipinski definition) is 4. The van der Waals surface area contributed by atoms with Crippen molar-refractivity contribution in [1.29, 1.82) is 0 Å². The molecule has 1 aliphatic heterocycles. The number of aryl methyl sites for hydroxylation is 1. The lowest BCUT2D eigenvalue weighted by Crippen LogP contribution is -2.45. The van der Waals surface area contributed by atoms with Gasteiger partial charge in [-0.15, -0.1) is 11.3 Å². The van der Waals surface area contributed by atoms with Crippen molar-refractivity contribution in [2.24, 2.45) is 17.8 Å². The molecule has 0 unspecified atom stereocenters. The van der Waals surface area contributed by atoms with Crippen LogP contribution in [0, 0.1) is 24.7 Å². The lowest BCUT2D eigenvalue weighted by Gasteiger charge is -2.37. The van der Waals surface area contributed by atoms with E-state index in [2.05, 4.69) is 17.2 Å². The van der Waals surface area contributed by atoms with Crippen molar-refractivity contribution in [3.63, 3.8) is 0 Å². The van der Waals surface area contributed by atoms with Crippen molar-refractivity contribution >= 4 is 28.3 Å². The summed E-state index contributed by atoms with van der Waals surface area (Å²) in [7, 11) is 0. The third kappa shape index (κ3) is 6.54. The van der Waals surface area contributed by atoms with Gasteiger partial charge >= 0.3 is 12.1 Å². The van der Waals surface area contributed by atoms with Crippen molar-refractivity contribution < 1.29 is 22.8 Å². The third-order valence-corrected chi connectivity index (χ3v) is 7.20. The fourth-order valence-corrected chi connectivity index (χ4v) is 5.33. The maximum absolute atomic E-state index is 12.8. The van der Waals surface area contributed by atoms with Gasteiger partial charge in [0.15, 0.2) is 5.13 Å². The van der Waals surface area contributed by atoms with Crippen LogP contribution < -0.4 is 5.32 Å². The minimum atomic E-state index is -4.82. The molecule has 172 valence electrons. The van der Waals surface area contributed by atoms with Crippen molar-refractivity contribution in [2.75, 3.05) is 18.4 Å². The Hall–Kier alpha value is -1.90. The summed E-state index contributed by atoms with van der Waals surface area (Å²) in [6, 6.07) is 0. The summed E-state index contributed by atoms with van der Waals surface area (Å²) < 4.78 is 38.3. The SMILES string of the molecule is Cc1cnc(NC(=O)C/C=C(/C2CCC(C)CC2)C2CCN(C(=O)C(F)(F)F)CC2)s1. The van der Waals surface area contributed by atoms with E-state index in [0.29, 0.717) is 29.8 Å². The minimum Gasteiger partial charge on any atom is -0.335 e. The van der Waals surface area contributed by atoms with E-state index in [1.807, 2.05) is 13.0 Å². The number of alkyl halides is 3. The number of rotatable bonds is 5. The number of likely N-dealkylation sites (tertiary alicyclic amines) is 1. The second-order valence-corrected chi connectivity index (χ2v) is 9.99. The molecule has 1 aromatic heterocycles. The van der Waals surface area contributed by atoms with E-state index in [-0.39, 0.29) is 31.3 Å². The van der Waals surface area contributed by atoms with E-state index in [9.17, 15) is 22.8 Å². The topological polar surface area (TPSA) is 62.3 Å². The zero-order chi connectivity index (χ0) is 22.6. The van der Waals surface area contributed by atoms with E-state index in [1.165, 1.54) is 16.9 Å². The molecule has 1 aliphatic carbocycles. The Morgan fingerprint density at radius 3 is 2.32 bits per heavy atom. The number of nitrogens with one attached hydrogen (secondary N) is 1. The largest absolute Gasteiger partial charge is 0.471 e. The number of amides is 2. The number of anilines is 1. The van der Waals surface area contributed by atoms with Crippen LogP contribution in [0.15, 0.2) is 17.8 Å². The Morgan fingerprint density at radius 2 is 1.77 bits per heavy atom. The van der Waals surface area contributed by atoms with Crippen molar-refractivity contribution in [1.82, 2.24) is 9.88 Å². The Morgan fingerprint density at radius 1 is 1.16 bits per heavy atom. The molecule has 0 aromatic carbocycles. The Balaban J connectivity index is 1.66. The lowest BCUT2D eigenvalue weighted by atomic mass is 9.73. The molecule has 1 saturated heterocycles. The van der Waals surface area contributed by atoms with Crippen LogP contribution in [0.25, 0.3) is 0 Å². The van der Waals surface area contributed by atoms with Crippen LogP contribution >= 0.6 is 11.3 Å². The highest BCUT2D eigenvalue weighted by atomic mass is 32.1. The van der Waals surface area contributed by atoms with Gasteiger partial charge in [-0.1, -0.05) is 31.4 Å². The van der Waals surface area contributed by atoms with Gasteiger partial charge in [0.05, 0.1) is 0 Å². The third-order valence-electron chi connectivity index (χ3n) is 6.37. The summed E-state index contributed by atoms with van der Waals surface area (Å²) >= 11 is 1.42. The molecule has 0 bridgehead atoms. The van der Waals surface area contributed by atoms with Crippen LogP contribution in [0.5, 0.6) is 0 Å². The first-order chi connectivity index (χ1) is 14.6. The van der Waals surface area contributed by atoms with Crippen molar-refractivity contribution in [3.8, 4) is 0 Å². The Labute approximate surface area is 185 Å². The monoisotopic (exact) mass is 457 g/mol. The van der Waals surface area contributed by atoms with Crippen molar-refractivity contribution in [2.45, 2.75) is 65.0 Å². The van der Waals surface area contributed by atoms with E-state index in [0.717, 1.165) is 35.5 Å². The number of carbonyl (C=O) groups excluding carboxylic acids is 2. The quantitative estimate of drug-likeness (QED) is 0.608. The molecule has 1 aromatic rings. The van der Waals surface area contributed by atoms with Gasteiger partial charge in [-0.2, -0.15) is 13.2 Å². The van der Waals surface area contributed by atoms with Gasteiger partial charge in [-0.25, -0.2) is 4.98 Å². The summed E-state index contributed by atoms with van der Waals surface area (Å²) in [6.45, 7) is 4.37. The van der Waals surface area contributed by atoms with Crippen LogP contribution in [-0.4, -0.2) is 41.0 Å². The molecule has 0 radical (unpaired) electrons. The van der Waals surface area contributed by atoms with E-state index < -0.39 is 12.1 Å². The van der Waals surface area contributed by atoms with Gasteiger partial charge in [0.2, 0.25) is 5.91 Å². The molecule has 2 amide bonds. The molecule has 1 N–H and O–H groups in total. The van der Waals surface area contributed by atoms with Gasteiger partial charge in [0.1, 0.15) is 0 Å². The van der Waals surface area contributed by atoms with Crippen LogP contribution in [0.4, 0.5) is 18.3 Å².